The Bertz CT molecular complexity index is 702. The lowest BCUT2D eigenvalue weighted by Gasteiger charge is -2.38. The predicted octanol–water partition coefficient (Wildman–Crippen LogP) is 2.99. The highest BCUT2D eigenvalue weighted by Crippen LogP contribution is 2.26. The summed E-state index contributed by atoms with van der Waals surface area (Å²) in [6.07, 6.45) is 5.37. The standard InChI is InChI=1S/C18H20N2O3/c1-3-10-18(12-22-13-18)23-17(21)16-9-11-19-20(16)14(2)15-7-5-4-6-8-15/h3-11,14H,12-13H2,1-2H3/b10-3+/t14-/m1/s1. The van der Waals surface area contributed by atoms with Crippen LogP contribution in [0.5, 0.6) is 0 Å². The van der Waals surface area contributed by atoms with Gasteiger partial charge in [-0.1, -0.05) is 36.4 Å². The normalized spacial score (nSPS) is 17.7. The van der Waals surface area contributed by atoms with Crippen LogP contribution in [0.1, 0.15) is 35.9 Å². The van der Waals surface area contributed by atoms with Gasteiger partial charge in [0.1, 0.15) is 5.69 Å². The van der Waals surface area contributed by atoms with Crippen LogP contribution < -0.4 is 0 Å². The molecule has 3 rings (SSSR count). The second kappa shape index (κ2) is 6.38. The van der Waals surface area contributed by atoms with Gasteiger partial charge in [0.2, 0.25) is 0 Å². The minimum atomic E-state index is -0.642. The van der Waals surface area contributed by atoms with Crippen molar-refractivity contribution in [3.05, 3.63) is 66.0 Å². The minimum Gasteiger partial charge on any atom is -0.445 e. The molecule has 1 fully saturated rings. The SMILES string of the molecule is C/C=C/C1(OC(=O)c2ccnn2[C@H](C)c2ccccc2)COC1. The zero-order chi connectivity index (χ0) is 16.3. The molecule has 2 aromatic rings. The van der Waals surface area contributed by atoms with Crippen molar-refractivity contribution in [3.8, 4) is 0 Å². The van der Waals surface area contributed by atoms with E-state index in [1.165, 1.54) is 0 Å². The summed E-state index contributed by atoms with van der Waals surface area (Å²) in [4.78, 5) is 12.6. The minimum absolute atomic E-state index is 0.0518. The van der Waals surface area contributed by atoms with Gasteiger partial charge < -0.3 is 9.47 Å². The van der Waals surface area contributed by atoms with E-state index in [2.05, 4.69) is 5.10 Å². The largest absolute Gasteiger partial charge is 0.445 e. The van der Waals surface area contributed by atoms with Crippen LogP contribution in [-0.2, 0) is 9.47 Å². The van der Waals surface area contributed by atoms with Crippen molar-refractivity contribution in [2.75, 3.05) is 13.2 Å². The molecule has 0 radical (unpaired) electrons. The highest BCUT2D eigenvalue weighted by molar-refractivity contribution is 5.88. The molecule has 1 aliphatic heterocycles. The smallest absolute Gasteiger partial charge is 0.357 e. The lowest BCUT2D eigenvalue weighted by atomic mass is 10.0. The molecule has 5 heteroatoms. The van der Waals surface area contributed by atoms with Crippen molar-refractivity contribution < 1.29 is 14.3 Å². The van der Waals surface area contributed by atoms with Crippen molar-refractivity contribution in [2.45, 2.75) is 25.5 Å². The van der Waals surface area contributed by atoms with E-state index in [9.17, 15) is 4.79 Å². The molecular formula is C18H20N2O3. The zero-order valence-corrected chi connectivity index (χ0v) is 13.3. The number of carbonyl (C=O) groups is 1. The molecule has 1 aromatic heterocycles. The molecule has 1 aromatic carbocycles. The summed E-state index contributed by atoms with van der Waals surface area (Å²) in [5.74, 6) is -0.383. The van der Waals surface area contributed by atoms with Gasteiger partial charge >= 0.3 is 5.97 Å². The average Bonchev–Trinajstić information content (AvgIpc) is 3.02. The summed E-state index contributed by atoms with van der Waals surface area (Å²) < 4.78 is 12.6. The van der Waals surface area contributed by atoms with E-state index in [0.717, 1.165) is 5.56 Å². The van der Waals surface area contributed by atoms with Gasteiger partial charge in [-0.05, 0) is 31.6 Å². The van der Waals surface area contributed by atoms with Crippen LogP contribution in [0.15, 0.2) is 54.7 Å². The molecule has 5 nitrogen and oxygen atoms in total. The number of rotatable bonds is 5. The molecule has 0 amide bonds. The number of esters is 1. The summed E-state index contributed by atoms with van der Waals surface area (Å²) in [6, 6.07) is 11.6. The molecule has 0 N–H and O–H groups in total. The third-order valence-electron chi connectivity index (χ3n) is 3.99. The van der Waals surface area contributed by atoms with E-state index < -0.39 is 5.60 Å². The molecule has 23 heavy (non-hydrogen) atoms. The first-order valence-electron chi connectivity index (χ1n) is 7.68. The van der Waals surface area contributed by atoms with Gasteiger partial charge in [-0.15, -0.1) is 0 Å². The molecule has 1 saturated heterocycles. The fourth-order valence-corrected chi connectivity index (χ4v) is 2.69. The average molecular weight is 312 g/mol. The molecule has 120 valence electrons. The van der Waals surface area contributed by atoms with Gasteiger partial charge in [0.25, 0.3) is 0 Å². The summed E-state index contributed by atoms with van der Waals surface area (Å²) >= 11 is 0. The van der Waals surface area contributed by atoms with Gasteiger partial charge in [0.05, 0.1) is 19.3 Å². The van der Waals surface area contributed by atoms with Crippen molar-refractivity contribution >= 4 is 5.97 Å². The van der Waals surface area contributed by atoms with Gasteiger partial charge in [0.15, 0.2) is 5.60 Å². The lowest BCUT2D eigenvalue weighted by Crippen LogP contribution is -2.51. The van der Waals surface area contributed by atoms with Crippen molar-refractivity contribution in [1.82, 2.24) is 9.78 Å². The topological polar surface area (TPSA) is 53.3 Å². The van der Waals surface area contributed by atoms with Crippen LogP contribution in [0.4, 0.5) is 0 Å². The Labute approximate surface area is 135 Å². The van der Waals surface area contributed by atoms with E-state index >= 15 is 0 Å². The number of carbonyl (C=O) groups excluding carboxylic acids is 1. The van der Waals surface area contributed by atoms with E-state index in [1.807, 2.05) is 56.3 Å². The fraction of sp³-hybridized carbons (Fsp3) is 0.333. The van der Waals surface area contributed by atoms with Crippen LogP contribution in [0.3, 0.4) is 0 Å². The molecule has 0 spiro atoms. The van der Waals surface area contributed by atoms with Gasteiger partial charge in [-0.25, -0.2) is 4.79 Å². The third kappa shape index (κ3) is 3.05. The summed E-state index contributed by atoms with van der Waals surface area (Å²) in [5.41, 5.74) is 0.884. The number of ether oxygens (including phenoxy) is 2. The maximum absolute atomic E-state index is 12.6. The molecule has 1 aliphatic rings. The van der Waals surface area contributed by atoms with Crippen LogP contribution >= 0.6 is 0 Å². The second-order valence-corrected chi connectivity index (χ2v) is 5.69. The molecular weight excluding hydrogens is 292 g/mol. The Morgan fingerprint density at radius 2 is 2.09 bits per heavy atom. The van der Waals surface area contributed by atoms with Crippen LogP contribution in [0, 0.1) is 0 Å². The Morgan fingerprint density at radius 3 is 2.70 bits per heavy atom. The fourth-order valence-electron chi connectivity index (χ4n) is 2.69. The number of hydrogen-bond donors (Lipinski definition) is 0. The first kappa shape index (κ1) is 15.5. The number of benzene rings is 1. The van der Waals surface area contributed by atoms with E-state index in [-0.39, 0.29) is 12.0 Å². The number of allylic oxidation sites excluding steroid dienone is 1. The Balaban J connectivity index is 1.82. The summed E-state index contributed by atoms with van der Waals surface area (Å²) in [6.45, 7) is 4.69. The molecule has 0 bridgehead atoms. The first-order valence-corrected chi connectivity index (χ1v) is 7.68. The number of aromatic nitrogens is 2. The van der Waals surface area contributed by atoms with Gasteiger partial charge in [0, 0.05) is 6.20 Å². The molecule has 1 atom stereocenters. The monoisotopic (exact) mass is 312 g/mol. The van der Waals surface area contributed by atoms with Crippen molar-refractivity contribution in [1.29, 1.82) is 0 Å². The zero-order valence-electron chi connectivity index (χ0n) is 13.3. The van der Waals surface area contributed by atoms with E-state index in [4.69, 9.17) is 9.47 Å². The van der Waals surface area contributed by atoms with E-state index in [1.54, 1.807) is 16.9 Å². The number of nitrogens with zero attached hydrogens (tertiary/aromatic N) is 2. The Hall–Kier alpha value is -2.40. The van der Waals surface area contributed by atoms with Crippen LogP contribution in [0.25, 0.3) is 0 Å². The highest BCUT2D eigenvalue weighted by Gasteiger charge is 2.40. The molecule has 0 aliphatic carbocycles. The lowest BCUT2D eigenvalue weighted by molar-refractivity contribution is -0.152. The second-order valence-electron chi connectivity index (χ2n) is 5.69. The molecule has 0 unspecified atom stereocenters. The van der Waals surface area contributed by atoms with Crippen LogP contribution in [-0.4, -0.2) is 34.6 Å². The summed E-state index contributed by atoms with van der Waals surface area (Å²) in [5, 5.41) is 4.30. The molecule has 0 saturated carbocycles. The van der Waals surface area contributed by atoms with Gasteiger partial charge in [-0.2, -0.15) is 5.10 Å². The maximum atomic E-state index is 12.6. The Kier molecular flexibility index (Phi) is 4.30. The predicted molar refractivity (Wildman–Crippen MR) is 86.3 cm³/mol. The Morgan fingerprint density at radius 1 is 1.35 bits per heavy atom. The van der Waals surface area contributed by atoms with Crippen LogP contribution in [0.2, 0.25) is 0 Å². The maximum Gasteiger partial charge on any atom is 0.357 e. The van der Waals surface area contributed by atoms with E-state index in [0.29, 0.717) is 18.9 Å². The first-order chi connectivity index (χ1) is 11.2. The summed E-state index contributed by atoms with van der Waals surface area (Å²) in [7, 11) is 0. The number of hydrogen-bond acceptors (Lipinski definition) is 4. The van der Waals surface area contributed by atoms with Gasteiger partial charge in [-0.3, -0.25) is 4.68 Å². The molecule has 2 heterocycles. The van der Waals surface area contributed by atoms with Crippen molar-refractivity contribution in [2.24, 2.45) is 0 Å². The highest BCUT2D eigenvalue weighted by atomic mass is 16.6. The third-order valence-corrected chi connectivity index (χ3v) is 3.99. The quantitative estimate of drug-likeness (QED) is 0.629. The van der Waals surface area contributed by atoms with Crippen molar-refractivity contribution in [3.63, 3.8) is 0 Å².